The predicted molar refractivity (Wildman–Crippen MR) is 102 cm³/mol. The van der Waals surface area contributed by atoms with Crippen molar-refractivity contribution in [2.75, 3.05) is 0 Å². The maximum atomic E-state index is 13.2. The SMILES string of the molecule is Cc1cc(C(=O)NC2C3CCCC2CC(N)C3)c2cnn(C(C)C)c2n1. The fourth-order valence-electron chi connectivity index (χ4n) is 4.96. The van der Waals surface area contributed by atoms with E-state index >= 15 is 0 Å². The van der Waals surface area contributed by atoms with Crippen LogP contribution in [0.25, 0.3) is 11.0 Å². The molecule has 2 aromatic heterocycles. The second-order valence-electron chi connectivity index (χ2n) is 8.41. The van der Waals surface area contributed by atoms with E-state index in [1.54, 1.807) is 6.20 Å². The quantitative estimate of drug-likeness (QED) is 0.886. The van der Waals surface area contributed by atoms with Crippen molar-refractivity contribution in [3.05, 3.63) is 23.5 Å². The van der Waals surface area contributed by atoms with E-state index in [4.69, 9.17) is 5.73 Å². The highest BCUT2D eigenvalue weighted by Gasteiger charge is 2.40. The number of nitrogens with two attached hydrogens (primary N) is 1. The van der Waals surface area contributed by atoms with E-state index in [1.807, 2.05) is 17.7 Å². The lowest BCUT2D eigenvalue weighted by atomic mass is 9.67. The zero-order valence-electron chi connectivity index (χ0n) is 15.9. The Labute approximate surface area is 154 Å². The summed E-state index contributed by atoms with van der Waals surface area (Å²) < 4.78 is 1.88. The van der Waals surface area contributed by atoms with E-state index in [-0.39, 0.29) is 24.0 Å². The van der Waals surface area contributed by atoms with Gasteiger partial charge in [0.25, 0.3) is 5.91 Å². The number of pyridine rings is 1. The van der Waals surface area contributed by atoms with Crippen molar-refractivity contribution in [3.63, 3.8) is 0 Å². The van der Waals surface area contributed by atoms with Gasteiger partial charge >= 0.3 is 0 Å². The number of aryl methyl sites for hydroxylation is 1. The highest BCUT2D eigenvalue weighted by Crippen LogP contribution is 2.39. The number of amides is 1. The summed E-state index contributed by atoms with van der Waals surface area (Å²) in [6.07, 6.45) is 7.42. The standard InChI is InChI=1S/C20H29N5O/c1-11(2)25-19-17(10-22-25)16(7-12(3)23-19)20(26)24-18-13-5-4-6-14(18)9-15(21)8-13/h7,10-11,13-15,18H,4-6,8-9,21H2,1-3H3,(H,24,26). The molecule has 0 radical (unpaired) electrons. The van der Waals surface area contributed by atoms with Crippen LogP contribution in [0.5, 0.6) is 0 Å². The lowest BCUT2D eigenvalue weighted by Gasteiger charge is -2.45. The van der Waals surface area contributed by atoms with Crippen molar-refractivity contribution in [1.29, 1.82) is 0 Å². The zero-order chi connectivity index (χ0) is 18.4. The second kappa shape index (κ2) is 6.65. The monoisotopic (exact) mass is 355 g/mol. The summed E-state index contributed by atoms with van der Waals surface area (Å²) in [5.74, 6) is 1.03. The van der Waals surface area contributed by atoms with Gasteiger partial charge in [0.05, 0.1) is 17.1 Å². The molecule has 0 spiro atoms. The van der Waals surface area contributed by atoms with Gasteiger partial charge in [0.2, 0.25) is 0 Å². The molecule has 2 fully saturated rings. The Morgan fingerprint density at radius 2 is 2.00 bits per heavy atom. The van der Waals surface area contributed by atoms with Gasteiger partial charge in [-0.1, -0.05) is 6.42 Å². The number of hydrogen-bond donors (Lipinski definition) is 2. The van der Waals surface area contributed by atoms with E-state index in [2.05, 4.69) is 29.2 Å². The van der Waals surface area contributed by atoms with Crippen LogP contribution in [0.4, 0.5) is 0 Å². The molecule has 2 heterocycles. The molecule has 0 aliphatic heterocycles. The number of fused-ring (bicyclic) bond motifs is 3. The van der Waals surface area contributed by atoms with Gasteiger partial charge in [0, 0.05) is 23.8 Å². The summed E-state index contributed by atoms with van der Waals surface area (Å²) in [4.78, 5) is 17.8. The first kappa shape index (κ1) is 17.5. The van der Waals surface area contributed by atoms with Crippen molar-refractivity contribution in [3.8, 4) is 0 Å². The normalized spacial score (nSPS) is 28.5. The number of carbonyl (C=O) groups is 1. The van der Waals surface area contributed by atoms with E-state index in [0.29, 0.717) is 17.4 Å². The lowest BCUT2D eigenvalue weighted by molar-refractivity contribution is 0.0757. The number of carbonyl (C=O) groups excluding carboxylic acids is 1. The molecule has 6 heteroatoms. The maximum absolute atomic E-state index is 13.2. The smallest absolute Gasteiger partial charge is 0.252 e. The number of hydrogen-bond acceptors (Lipinski definition) is 4. The third kappa shape index (κ3) is 3.00. The Morgan fingerprint density at radius 1 is 1.31 bits per heavy atom. The first-order valence-electron chi connectivity index (χ1n) is 9.85. The van der Waals surface area contributed by atoms with Crippen LogP contribution in [0, 0.1) is 18.8 Å². The molecule has 140 valence electrons. The van der Waals surface area contributed by atoms with Crippen LogP contribution in [0.1, 0.15) is 68.0 Å². The Kier molecular flexibility index (Phi) is 4.47. The van der Waals surface area contributed by atoms with E-state index in [0.717, 1.165) is 29.6 Å². The Morgan fingerprint density at radius 3 is 2.65 bits per heavy atom. The van der Waals surface area contributed by atoms with Gasteiger partial charge in [-0.25, -0.2) is 9.67 Å². The Balaban J connectivity index is 1.64. The van der Waals surface area contributed by atoms with Crippen LogP contribution >= 0.6 is 0 Å². The highest BCUT2D eigenvalue weighted by molar-refractivity contribution is 6.05. The average molecular weight is 355 g/mol. The molecule has 2 saturated carbocycles. The van der Waals surface area contributed by atoms with Gasteiger partial charge in [0.15, 0.2) is 5.65 Å². The molecule has 0 aromatic carbocycles. The summed E-state index contributed by atoms with van der Waals surface area (Å²) in [6.45, 7) is 6.08. The van der Waals surface area contributed by atoms with Gasteiger partial charge < -0.3 is 11.1 Å². The summed E-state index contributed by atoms with van der Waals surface area (Å²) in [7, 11) is 0. The fraction of sp³-hybridized carbons (Fsp3) is 0.650. The lowest BCUT2D eigenvalue weighted by Crippen LogP contribution is -2.53. The molecule has 4 rings (SSSR count). The van der Waals surface area contributed by atoms with E-state index in [9.17, 15) is 4.79 Å². The van der Waals surface area contributed by atoms with Crippen LogP contribution < -0.4 is 11.1 Å². The first-order valence-corrected chi connectivity index (χ1v) is 9.85. The van der Waals surface area contributed by atoms with Crippen molar-refractivity contribution in [1.82, 2.24) is 20.1 Å². The molecule has 2 aliphatic rings. The van der Waals surface area contributed by atoms with Crippen molar-refractivity contribution >= 4 is 16.9 Å². The molecular formula is C20H29N5O. The number of nitrogens with one attached hydrogen (secondary N) is 1. The molecule has 26 heavy (non-hydrogen) atoms. The minimum atomic E-state index is 0.00109. The topological polar surface area (TPSA) is 85.8 Å². The maximum Gasteiger partial charge on any atom is 0.252 e. The molecular weight excluding hydrogens is 326 g/mol. The summed E-state index contributed by atoms with van der Waals surface area (Å²) >= 11 is 0. The molecule has 6 nitrogen and oxygen atoms in total. The molecule has 0 saturated heterocycles. The summed E-state index contributed by atoms with van der Waals surface area (Å²) in [5.41, 5.74) is 8.54. The molecule has 2 aliphatic carbocycles. The van der Waals surface area contributed by atoms with E-state index in [1.165, 1.54) is 19.3 Å². The molecule has 2 atom stereocenters. The number of aromatic nitrogens is 3. The predicted octanol–water partition coefficient (Wildman–Crippen LogP) is 2.96. The number of rotatable bonds is 3. The zero-order valence-corrected chi connectivity index (χ0v) is 15.9. The van der Waals surface area contributed by atoms with Gasteiger partial charge in [0.1, 0.15) is 0 Å². The van der Waals surface area contributed by atoms with Crippen molar-refractivity contribution < 1.29 is 4.79 Å². The van der Waals surface area contributed by atoms with Gasteiger partial charge in [-0.15, -0.1) is 0 Å². The average Bonchev–Trinajstić information content (AvgIpc) is 2.98. The second-order valence-corrected chi connectivity index (χ2v) is 8.41. The van der Waals surface area contributed by atoms with Crippen LogP contribution in [0.3, 0.4) is 0 Å². The minimum Gasteiger partial charge on any atom is -0.349 e. The molecule has 2 bridgehead atoms. The van der Waals surface area contributed by atoms with Crippen LogP contribution in [0.2, 0.25) is 0 Å². The minimum absolute atomic E-state index is 0.00109. The summed E-state index contributed by atoms with van der Waals surface area (Å²) in [5, 5.41) is 8.64. The molecule has 2 unspecified atom stereocenters. The molecule has 1 amide bonds. The molecule has 3 N–H and O–H groups in total. The van der Waals surface area contributed by atoms with Gasteiger partial charge in [-0.05, 0) is 64.4 Å². The Hall–Kier alpha value is -1.95. The van der Waals surface area contributed by atoms with Crippen LogP contribution in [-0.4, -0.2) is 32.8 Å². The van der Waals surface area contributed by atoms with E-state index < -0.39 is 0 Å². The van der Waals surface area contributed by atoms with Crippen molar-refractivity contribution in [2.24, 2.45) is 17.6 Å². The third-order valence-electron chi connectivity index (χ3n) is 6.10. The highest BCUT2D eigenvalue weighted by atomic mass is 16.1. The largest absolute Gasteiger partial charge is 0.349 e. The van der Waals surface area contributed by atoms with Crippen LogP contribution in [-0.2, 0) is 0 Å². The summed E-state index contributed by atoms with van der Waals surface area (Å²) in [6, 6.07) is 2.63. The number of nitrogens with zero attached hydrogens (tertiary/aromatic N) is 3. The van der Waals surface area contributed by atoms with Crippen molar-refractivity contribution in [2.45, 2.75) is 71.0 Å². The van der Waals surface area contributed by atoms with Crippen LogP contribution in [0.15, 0.2) is 12.3 Å². The van der Waals surface area contributed by atoms with Gasteiger partial charge in [-0.2, -0.15) is 5.10 Å². The Bertz CT molecular complexity index is 813. The fourth-order valence-corrected chi connectivity index (χ4v) is 4.96. The first-order chi connectivity index (χ1) is 12.4. The molecule has 2 aromatic rings. The third-order valence-corrected chi connectivity index (χ3v) is 6.10. The van der Waals surface area contributed by atoms with Gasteiger partial charge in [-0.3, -0.25) is 4.79 Å².